The number of carbonyl (C=O) groups excluding carboxylic acids is 1. The fourth-order valence-electron chi connectivity index (χ4n) is 3.26. The minimum Gasteiger partial charge on any atom is -0.345 e. The van der Waals surface area contributed by atoms with Crippen LogP contribution in [0.2, 0.25) is 0 Å². The predicted molar refractivity (Wildman–Crippen MR) is 103 cm³/mol. The molecular formula is C20H21FN6O. The highest BCUT2D eigenvalue weighted by atomic mass is 19.1. The first-order valence-corrected chi connectivity index (χ1v) is 9.25. The summed E-state index contributed by atoms with van der Waals surface area (Å²) in [6.07, 6.45) is 4.03. The lowest BCUT2D eigenvalue weighted by molar-refractivity contribution is 0.0941. The van der Waals surface area contributed by atoms with E-state index in [-0.39, 0.29) is 11.7 Å². The third-order valence-corrected chi connectivity index (χ3v) is 4.77. The molecule has 0 spiro atoms. The summed E-state index contributed by atoms with van der Waals surface area (Å²) in [5.74, 6) is 0.156. The first-order chi connectivity index (χ1) is 13.6. The molecule has 1 fully saturated rings. The molecule has 2 aromatic heterocycles. The van der Waals surface area contributed by atoms with Gasteiger partial charge in [-0.3, -0.25) is 9.48 Å². The largest absolute Gasteiger partial charge is 0.345 e. The summed E-state index contributed by atoms with van der Waals surface area (Å²) in [6.45, 7) is 2.24. The maximum atomic E-state index is 13.1. The van der Waals surface area contributed by atoms with Crippen molar-refractivity contribution in [2.45, 2.75) is 19.4 Å². The van der Waals surface area contributed by atoms with Crippen LogP contribution >= 0.6 is 0 Å². The molecule has 0 radical (unpaired) electrons. The molecule has 1 aliphatic rings. The van der Waals surface area contributed by atoms with Gasteiger partial charge in [0.15, 0.2) is 0 Å². The molecule has 3 heterocycles. The highest BCUT2D eigenvalue weighted by molar-refractivity contribution is 5.93. The third kappa shape index (κ3) is 3.85. The van der Waals surface area contributed by atoms with Crippen molar-refractivity contribution in [1.82, 2.24) is 25.1 Å². The number of anilines is 1. The van der Waals surface area contributed by atoms with Gasteiger partial charge in [-0.2, -0.15) is 5.10 Å². The summed E-state index contributed by atoms with van der Waals surface area (Å²) in [7, 11) is 1.71. The van der Waals surface area contributed by atoms with Gasteiger partial charge in [-0.25, -0.2) is 14.4 Å². The molecule has 1 N–H and O–H groups in total. The summed E-state index contributed by atoms with van der Waals surface area (Å²) >= 11 is 0. The second-order valence-corrected chi connectivity index (χ2v) is 6.77. The van der Waals surface area contributed by atoms with Gasteiger partial charge in [-0.05, 0) is 49.2 Å². The van der Waals surface area contributed by atoms with Gasteiger partial charge in [0, 0.05) is 31.9 Å². The smallest absolute Gasteiger partial charge is 0.269 e. The lowest BCUT2D eigenvalue weighted by atomic mass is 10.1. The molecule has 4 rings (SSSR count). The number of aromatic nitrogens is 4. The zero-order chi connectivity index (χ0) is 19.5. The Morgan fingerprint density at radius 2 is 1.93 bits per heavy atom. The van der Waals surface area contributed by atoms with Crippen LogP contribution in [0.15, 0.2) is 42.6 Å². The Morgan fingerprint density at radius 3 is 2.68 bits per heavy atom. The fraction of sp³-hybridized carbons (Fsp3) is 0.300. The van der Waals surface area contributed by atoms with Crippen LogP contribution < -0.4 is 10.2 Å². The van der Waals surface area contributed by atoms with Crippen molar-refractivity contribution in [2.75, 3.05) is 18.0 Å². The minimum atomic E-state index is -0.309. The number of nitrogens with zero attached hydrogens (tertiary/aromatic N) is 5. The van der Waals surface area contributed by atoms with Crippen LogP contribution in [0.5, 0.6) is 0 Å². The highest BCUT2D eigenvalue weighted by Crippen LogP contribution is 2.19. The molecule has 8 heteroatoms. The molecule has 1 amide bonds. The lowest BCUT2D eigenvalue weighted by Crippen LogP contribution is -2.26. The van der Waals surface area contributed by atoms with Crippen molar-refractivity contribution in [2.24, 2.45) is 7.05 Å². The average molecular weight is 380 g/mol. The van der Waals surface area contributed by atoms with Crippen LogP contribution in [0.3, 0.4) is 0 Å². The predicted octanol–water partition coefficient (Wildman–Crippen LogP) is 2.55. The number of nitrogens with one attached hydrogen (secondary N) is 1. The van der Waals surface area contributed by atoms with Gasteiger partial charge >= 0.3 is 0 Å². The Labute approximate surface area is 162 Å². The van der Waals surface area contributed by atoms with Gasteiger partial charge in [-0.1, -0.05) is 0 Å². The Bertz CT molecular complexity index is 979. The summed E-state index contributed by atoms with van der Waals surface area (Å²) in [5.41, 5.74) is 2.55. The van der Waals surface area contributed by atoms with E-state index in [1.807, 2.05) is 0 Å². The van der Waals surface area contributed by atoms with Crippen LogP contribution in [0.1, 0.15) is 29.0 Å². The lowest BCUT2D eigenvalue weighted by Gasteiger charge is -2.15. The van der Waals surface area contributed by atoms with E-state index in [1.54, 1.807) is 37.5 Å². The summed E-state index contributed by atoms with van der Waals surface area (Å²) in [4.78, 5) is 23.6. The van der Waals surface area contributed by atoms with Crippen LogP contribution in [-0.2, 0) is 13.6 Å². The van der Waals surface area contributed by atoms with E-state index >= 15 is 0 Å². The van der Waals surface area contributed by atoms with Gasteiger partial charge in [0.2, 0.25) is 5.95 Å². The van der Waals surface area contributed by atoms with Gasteiger partial charge in [0.25, 0.3) is 5.91 Å². The molecule has 3 aromatic rings. The third-order valence-electron chi connectivity index (χ3n) is 4.77. The van der Waals surface area contributed by atoms with Crippen LogP contribution in [0, 0.1) is 5.82 Å². The first kappa shape index (κ1) is 18.1. The zero-order valence-electron chi connectivity index (χ0n) is 15.6. The van der Waals surface area contributed by atoms with E-state index in [1.165, 1.54) is 16.8 Å². The molecule has 0 saturated carbocycles. The first-order valence-electron chi connectivity index (χ1n) is 9.25. The molecule has 1 aromatic carbocycles. The maximum absolute atomic E-state index is 13.1. The van der Waals surface area contributed by atoms with E-state index in [0.29, 0.717) is 23.9 Å². The summed E-state index contributed by atoms with van der Waals surface area (Å²) < 4.78 is 14.6. The number of rotatable bonds is 5. The Hall–Kier alpha value is -3.29. The monoisotopic (exact) mass is 380 g/mol. The second kappa shape index (κ2) is 7.75. The Kier molecular flexibility index (Phi) is 5.01. The van der Waals surface area contributed by atoms with Crippen molar-refractivity contribution in [3.63, 3.8) is 0 Å². The van der Waals surface area contributed by atoms with E-state index in [4.69, 9.17) is 0 Å². The molecule has 0 aliphatic carbocycles. The maximum Gasteiger partial charge on any atom is 0.269 e. The van der Waals surface area contributed by atoms with Crippen LogP contribution in [0.4, 0.5) is 10.3 Å². The Morgan fingerprint density at radius 1 is 1.18 bits per heavy atom. The molecular weight excluding hydrogens is 359 g/mol. The zero-order valence-corrected chi connectivity index (χ0v) is 15.6. The van der Waals surface area contributed by atoms with Gasteiger partial charge in [0.05, 0.1) is 17.9 Å². The molecule has 1 aliphatic heterocycles. The number of aryl methyl sites for hydroxylation is 1. The number of hydrogen-bond acceptors (Lipinski definition) is 5. The number of halogens is 1. The van der Waals surface area contributed by atoms with Crippen LogP contribution in [-0.4, -0.2) is 38.7 Å². The molecule has 0 atom stereocenters. The minimum absolute atomic E-state index is 0.246. The van der Waals surface area contributed by atoms with Crippen molar-refractivity contribution >= 4 is 11.9 Å². The molecule has 28 heavy (non-hydrogen) atoms. The standard InChI is InChI=1S/C20H21FN6O/c1-26-18(12-17(25-26)14-4-6-15(21)7-5-14)19(28)23-13-16-8-9-22-20(24-16)27-10-2-3-11-27/h4-9,12H,2-3,10-11,13H2,1H3,(H,23,28). The Balaban J connectivity index is 1.44. The van der Waals surface area contributed by atoms with Gasteiger partial charge in [0.1, 0.15) is 11.5 Å². The highest BCUT2D eigenvalue weighted by Gasteiger charge is 2.17. The molecule has 0 bridgehead atoms. The number of hydrogen-bond donors (Lipinski definition) is 1. The number of amides is 1. The van der Waals surface area contributed by atoms with E-state index < -0.39 is 0 Å². The molecule has 1 saturated heterocycles. The second-order valence-electron chi connectivity index (χ2n) is 6.77. The van der Waals surface area contributed by atoms with Crippen molar-refractivity contribution in [3.05, 3.63) is 59.8 Å². The topological polar surface area (TPSA) is 75.9 Å². The quantitative estimate of drug-likeness (QED) is 0.736. The van der Waals surface area contributed by atoms with E-state index in [9.17, 15) is 9.18 Å². The fourth-order valence-corrected chi connectivity index (χ4v) is 3.26. The molecule has 0 unspecified atom stereocenters. The molecule has 7 nitrogen and oxygen atoms in total. The van der Waals surface area contributed by atoms with E-state index in [0.717, 1.165) is 37.2 Å². The molecule has 144 valence electrons. The summed E-state index contributed by atoms with van der Waals surface area (Å²) in [6, 6.07) is 9.51. The normalized spacial score (nSPS) is 13.7. The van der Waals surface area contributed by atoms with Crippen LogP contribution in [0.25, 0.3) is 11.3 Å². The van der Waals surface area contributed by atoms with Crippen molar-refractivity contribution < 1.29 is 9.18 Å². The summed E-state index contributed by atoms with van der Waals surface area (Å²) in [5, 5.41) is 7.23. The SMILES string of the molecule is Cn1nc(-c2ccc(F)cc2)cc1C(=O)NCc1ccnc(N2CCCC2)n1. The van der Waals surface area contributed by atoms with Crippen molar-refractivity contribution in [3.8, 4) is 11.3 Å². The van der Waals surface area contributed by atoms with Gasteiger partial charge in [-0.15, -0.1) is 0 Å². The van der Waals surface area contributed by atoms with E-state index in [2.05, 4.69) is 25.3 Å². The average Bonchev–Trinajstić information content (AvgIpc) is 3.37. The number of carbonyl (C=O) groups is 1. The number of benzene rings is 1. The van der Waals surface area contributed by atoms with Gasteiger partial charge < -0.3 is 10.2 Å². The van der Waals surface area contributed by atoms with Crippen molar-refractivity contribution in [1.29, 1.82) is 0 Å².